The molecule has 0 radical (unpaired) electrons. The number of ether oxygens (including phenoxy) is 2. The third kappa shape index (κ3) is 5.14. The molecule has 0 bridgehead atoms. The van der Waals surface area contributed by atoms with Crippen molar-refractivity contribution in [1.29, 1.82) is 0 Å². The minimum Gasteiger partial charge on any atom is -0.462 e. The molecule has 3 rings (SSSR count). The molecule has 0 aliphatic heterocycles. The molecule has 1 heterocycles. The Bertz CT molecular complexity index is 1020. The highest BCUT2D eigenvalue weighted by molar-refractivity contribution is 7.98. The lowest BCUT2D eigenvalue weighted by Gasteiger charge is -2.11. The maximum atomic E-state index is 12.6. The zero-order valence-corrected chi connectivity index (χ0v) is 18.1. The minimum atomic E-state index is -0.868. The summed E-state index contributed by atoms with van der Waals surface area (Å²) >= 11 is 1.56. The van der Waals surface area contributed by atoms with Crippen molar-refractivity contribution in [3.8, 4) is 0 Å². The van der Waals surface area contributed by atoms with Crippen molar-refractivity contribution in [3.63, 3.8) is 0 Å². The number of rotatable bonds is 10. The van der Waals surface area contributed by atoms with Crippen LogP contribution in [-0.2, 0) is 19.1 Å². The van der Waals surface area contributed by atoms with E-state index in [1.165, 1.54) is 18.2 Å². The summed E-state index contributed by atoms with van der Waals surface area (Å²) in [5.41, 5.74) is 6.07. The molecule has 1 aliphatic rings. The van der Waals surface area contributed by atoms with Crippen molar-refractivity contribution >= 4 is 41.1 Å². The number of furan rings is 1. The van der Waals surface area contributed by atoms with Gasteiger partial charge in [0.1, 0.15) is 25.7 Å². The second-order valence-corrected chi connectivity index (χ2v) is 7.92. The summed E-state index contributed by atoms with van der Waals surface area (Å²) in [6, 6.07) is 6.69. The molecule has 0 fully saturated rings. The molecule has 0 spiro atoms. The lowest BCUT2D eigenvalue weighted by atomic mass is 9.88. The average Bonchev–Trinajstić information content (AvgIpc) is 3.25. The first kappa shape index (κ1) is 23.4. The van der Waals surface area contributed by atoms with Gasteiger partial charge in [-0.25, -0.2) is 0 Å². The van der Waals surface area contributed by atoms with Gasteiger partial charge in [-0.15, -0.1) is 0 Å². The number of esters is 2. The van der Waals surface area contributed by atoms with E-state index in [9.17, 15) is 24.0 Å². The first-order valence-corrected chi connectivity index (χ1v) is 11.1. The Hall–Kier alpha value is -3.24. The summed E-state index contributed by atoms with van der Waals surface area (Å²) in [6.07, 6.45) is 1.70. The summed E-state index contributed by atoms with van der Waals surface area (Å²) in [6.45, 7) is -0.434. The number of Topliss-reactive ketones (excluding diaryl/α,β-unsaturated/α-hetero) is 1. The van der Waals surface area contributed by atoms with Crippen molar-refractivity contribution in [2.24, 2.45) is 5.73 Å². The van der Waals surface area contributed by atoms with Crippen molar-refractivity contribution in [2.45, 2.75) is 18.9 Å². The molecule has 2 aromatic rings. The van der Waals surface area contributed by atoms with Gasteiger partial charge in [0.2, 0.25) is 11.6 Å². The molecule has 1 aromatic heterocycles. The van der Waals surface area contributed by atoms with Crippen LogP contribution in [0.1, 0.15) is 55.4 Å². The monoisotopic (exact) mass is 459 g/mol. The van der Waals surface area contributed by atoms with E-state index >= 15 is 0 Å². The molecular weight excluding hydrogens is 438 g/mol. The van der Waals surface area contributed by atoms with Crippen LogP contribution in [0.3, 0.4) is 0 Å². The first-order chi connectivity index (χ1) is 15.3. The molecule has 1 aromatic carbocycles. The number of hydrogen-bond acceptors (Lipinski definition) is 10. The zero-order chi connectivity index (χ0) is 23.3. The Balaban J connectivity index is 1.52. The number of benzene rings is 1. The quantitative estimate of drug-likeness (QED) is 0.206. The van der Waals surface area contributed by atoms with E-state index in [0.29, 0.717) is 12.2 Å². The van der Waals surface area contributed by atoms with Crippen LogP contribution in [0.5, 0.6) is 0 Å². The molecule has 0 amide bonds. The van der Waals surface area contributed by atoms with Gasteiger partial charge in [-0.1, -0.05) is 24.3 Å². The Labute approximate surface area is 187 Å². The Morgan fingerprint density at radius 3 is 2.38 bits per heavy atom. The van der Waals surface area contributed by atoms with E-state index in [0.717, 1.165) is 0 Å². The maximum absolute atomic E-state index is 12.6. The van der Waals surface area contributed by atoms with Crippen LogP contribution in [0.15, 0.2) is 34.7 Å². The highest BCUT2D eigenvalue weighted by Crippen LogP contribution is 2.30. The summed E-state index contributed by atoms with van der Waals surface area (Å²) in [4.78, 5) is 61.1. The van der Waals surface area contributed by atoms with E-state index in [2.05, 4.69) is 0 Å². The summed E-state index contributed by atoms with van der Waals surface area (Å²) in [5, 5.41) is 0. The van der Waals surface area contributed by atoms with Crippen LogP contribution in [-0.4, -0.2) is 60.6 Å². The van der Waals surface area contributed by atoms with Crippen LogP contribution < -0.4 is 5.73 Å². The van der Waals surface area contributed by atoms with Crippen molar-refractivity contribution in [3.05, 3.63) is 58.5 Å². The second kappa shape index (κ2) is 10.4. The predicted molar refractivity (Wildman–Crippen MR) is 114 cm³/mol. The average molecular weight is 459 g/mol. The summed E-state index contributed by atoms with van der Waals surface area (Å²) < 4.78 is 15.1. The van der Waals surface area contributed by atoms with Gasteiger partial charge in [-0.05, 0) is 24.5 Å². The predicted octanol–water partition coefficient (Wildman–Crippen LogP) is 1.79. The lowest BCUT2D eigenvalue weighted by Crippen LogP contribution is -2.33. The molecule has 9 nitrogen and oxygen atoms in total. The van der Waals surface area contributed by atoms with Crippen LogP contribution in [0.2, 0.25) is 0 Å². The van der Waals surface area contributed by atoms with Gasteiger partial charge in [-0.3, -0.25) is 24.0 Å². The molecule has 32 heavy (non-hydrogen) atoms. The number of nitrogens with two attached hydrogens (primary N) is 1. The Kier molecular flexibility index (Phi) is 7.60. The van der Waals surface area contributed by atoms with Crippen molar-refractivity contribution < 1.29 is 37.9 Å². The van der Waals surface area contributed by atoms with Gasteiger partial charge in [-0.2, -0.15) is 11.8 Å². The number of carbonyl (C=O) groups excluding carboxylic acids is 5. The molecule has 1 atom stereocenters. The third-order valence-corrected chi connectivity index (χ3v) is 5.35. The number of carbonyl (C=O) groups is 5. The minimum absolute atomic E-state index is 0.0184. The standard InChI is InChI=1S/C22H21NO8S/c1-32-9-6-15(23)22(28)30-8-7-29-18(25)11-16(24)17-10-14-19(26)12-4-2-3-5-13(12)20(27)21(14)31-17/h2-5,10,15H,6-9,11,23H2,1H3. The smallest absolute Gasteiger partial charge is 0.323 e. The highest BCUT2D eigenvalue weighted by Gasteiger charge is 2.34. The van der Waals surface area contributed by atoms with Gasteiger partial charge in [0.15, 0.2) is 17.3 Å². The van der Waals surface area contributed by atoms with Gasteiger partial charge in [0, 0.05) is 11.1 Å². The topological polar surface area (TPSA) is 143 Å². The number of thioether (sulfide) groups is 1. The molecule has 10 heteroatoms. The van der Waals surface area contributed by atoms with E-state index in [4.69, 9.17) is 19.6 Å². The SMILES string of the molecule is CSCCC(N)C(=O)OCCOC(=O)CC(=O)c1cc2c(o1)C(=O)c1ccccc1C2=O. The van der Waals surface area contributed by atoms with E-state index in [1.807, 2.05) is 6.26 Å². The van der Waals surface area contributed by atoms with Crippen LogP contribution >= 0.6 is 11.8 Å². The summed E-state index contributed by atoms with van der Waals surface area (Å²) in [5.74, 6) is -2.94. The van der Waals surface area contributed by atoms with Crippen molar-refractivity contribution in [2.75, 3.05) is 25.2 Å². The molecule has 1 aliphatic carbocycles. The third-order valence-electron chi connectivity index (χ3n) is 4.71. The molecule has 2 N–H and O–H groups in total. The maximum Gasteiger partial charge on any atom is 0.323 e. The van der Waals surface area contributed by atoms with Crippen LogP contribution in [0, 0.1) is 0 Å². The number of hydrogen-bond donors (Lipinski definition) is 1. The Morgan fingerprint density at radius 1 is 1.03 bits per heavy atom. The number of ketones is 3. The normalized spacial score (nSPS) is 13.2. The molecule has 0 saturated carbocycles. The van der Waals surface area contributed by atoms with E-state index in [1.54, 1.807) is 23.9 Å². The lowest BCUT2D eigenvalue weighted by molar-refractivity contribution is -0.152. The van der Waals surface area contributed by atoms with E-state index in [-0.39, 0.29) is 41.4 Å². The second-order valence-electron chi connectivity index (χ2n) is 6.93. The van der Waals surface area contributed by atoms with Crippen LogP contribution in [0.4, 0.5) is 0 Å². The fourth-order valence-corrected chi connectivity index (χ4v) is 3.54. The molecule has 0 saturated heterocycles. The fraction of sp³-hybridized carbons (Fsp3) is 0.318. The summed E-state index contributed by atoms with van der Waals surface area (Å²) in [7, 11) is 0. The first-order valence-electron chi connectivity index (χ1n) is 9.75. The highest BCUT2D eigenvalue weighted by atomic mass is 32.2. The zero-order valence-electron chi connectivity index (χ0n) is 17.3. The Morgan fingerprint density at radius 2 is 1.69 bits per heavy atom. The van der Waals surface area contributed by atoms with Crippen LogP contribution in [0.25, 0.3) is 0 Å². The van der Waals surface area contributed by atoms with Crippen molar-refractivity contribution in [1.82, 2.24) is 0 Å². The van der Waals surface area contributed by atoms with Gasteiger partial charge >= 0.3 is 11.9 Å². The molecular formula is C22H21NO8S. The largest absolute Gasteiger partial charge is 0.462 e. The van der Waals surface area contributed by atoms with Gasteiger partial charge in [0.25, 0.3) is 0 Å². The number of fused-ring (bicyclic) bond motifs is 2. The van der Waals surface area contributed by atoms with Gasteiger partial charge < -0.3 is 19.6 Å². The van der Waals surface area contributed by atoms with Gasteiger partial charge in [0.05, 0.1) is 5.56 Å². The molecule has 168 valence electrons. The fourth-order valence-electron chi connectivity index (χ4n) is 3.05. The molecule has 1 unspecified atom stereocenters. The van der Waals surface area contributed by atoms with E-state index < -0.39 is 41.8 Å².